The van der Waals surface area contributed by atoms with E-state index in [1.165, 1.54) is 0 Å². The van der Waals surface area contributed by atoms with Gasteiger partial charge in [-0.2, -0.15) is 0 Å². The highest BCUT2D eigenvalue weighted by Gasteiger charge is 2.21. The van der Waals surface area contributed by atoms with E-state index >= 15 is 0 Å². The summed E-state index contributed by atoms with van der Waals surface area (Å²) in [6.45, 7) is 0.389. The van der Waals surface area contributed by atoms with Crippen molar-refractivity contribution in [1.82, 2.24) is 0 Å². The van der Waals surface area contributed by atoms with Gasteiger partial charge in [0.25, 0.3) is 0 Å². The van der Waals surface area contributed by atoms with E-state index in [-0.39, 0.29) is 24.7 Å². The number of nitrogens with zero attached hydrogens (tertiary/aromatic N) is 1. The summed E-state index contributed by atoms with van der Waals surface area (Å²) in [6.07, 6.45) is 1.94. The second-order valence-electron chi connectivity index (χ2n) is 7.41. The van der Waals surface area contributed by atoms with E-state index in [1.807, 2.05) is 42.5 Å². The minimum Gasteiger partial charge on any atom is -0.461 e. The number of aryl methyl sites for hydroxylation is 1. The van der Waals surface area contributed by atoms with Crippen molar-refractivity contribution in [3.63, 3.8) is 0 Å². The molecule has 2 heterocycles. The second-order valence-corrected chi connectivity index (χ2v) is 7.41. The molecule has 6 nitrogen and oxygen atoms in total. The minimum atomic E-state index is -0.453. The van der Waals surface area contributed by atoms with Gasteiger partial charge in [0.05, 0.1) is 6.42 Å². The van der Waals surface area contributed by atoms with Crippen molar-refractivity contribution in [3.05, 3.63) is 78.1 Å². The fourth-order valence-electron chi connectivity index (χ4n) is 3.55. The van der Waals surface area contributed by atoms with Gasteiger partial charge in [-0.3, -0.25) is 14.4 Å². The highest BCUT2D eigenvalue weighted by molar-refractivity contribution is 5.99. The molecule has 0 spiro atoms. The van der Waals surface area contributed by atoms with Crippen LogP contribution in [0.4, 0.5) is 5.69 Å². The summed E-state index contributed by atoms with van der Waals surface area (Å²) >= 11 is 0. The number of amides is 1. The van der Waals surface area contributed by atoms with E-state index in [4.69, 9.17) is 9.15 Å². The molecule has 0 unspecified atom stereocenters. The predicted molar refractivity (Wildman–Crippen MR) is 116 cm³/mol. The van der Waals surface area contributed by atoms with E-state index in [0.29, 0.717) is 30.7 Å². The number of esters is 1. The van der Waals surface area contributed by atoms with Crippen molar-refractivity contribution in [2.75, 3.05) is 18.1 Å². The van der Waals surface area contributed by atoms with E-state index < -0.39 is 5.97 Å². The summed E-state index contributed by atoms with van der Waals surface area (Å²) in [4.78, 5) is 37.9. The Kier molecular flexibility index (Phi) is 6.26. The molecule has 31 heavy (non-hydrogen) atoms. The Morgan fingerprint density at radius 2 is 1.74 bits per heavy atom. The van der Waals surface area contributed by atoms with Gasteiger partial charge >= 0.3 is 5.97 Å². The first-order valence-electron chi connectivity index (χ1n) is 10.3. The van der Waals surface area contributed by atoms with Crippen LogP contribution < -0.4 is 4.90 Å². The Hall–Kier alpha value is -3.67. The van der Waals surface area contributed by atoms with Gasteiger partial charge in [-0.15, -0.1) is 0 Å². The topological polar surface area (TPSA) is 76.8 Å². The van der Waals surface area contributed by atoms with Gasteiger partial charge in [-0.1, -0.05) is 30.3 Å². The van der Waals surface area contributed by atoms with Crippen LogP contribution in [0, 0.1) is 0 Å². The standard InChI is InChI=1S/C25H23NO5/c27-22(18-8-10-20(11-9-18)26-16-4-7-24(26)28)17-30-25(29)15-13-21-12-14-23(31-21)19-5-2-1-3-6-19/h1-3,5-6,8-12,14H,4,7,13,15-17H2. The van der Waals surface area contributed by atoms with Crippen molar-refractivity contribution in [1.29, 1.82) is 0 Å². The number of benzene rings is 2. The molecule has 2 aromatic carbocycles. The summed E-state index contributed by atoms with van der Waals surface area (Å²) in [5, 5.41) is 0. The van der Waals surface area contributed by atoms with Crippen LogP contribution in [0.1, 0.15) is 35.4 Å². The Labute approximate surface area is 180 Å². The molecule has 1 aromatic heterocycles. The summed E-state index contributed by atoms with van der Waals surface area (Å²) in [5.74, 6) is 0.801. The number of hydrogen-bond donors (Lipinski definition) is 0. The van der Waals surface area contributed by atoms with E-state index in [0.717, 1.165) is 23.4 Å². The molecule has 0 atom stereocenters. The van der Waals surface area contributed by atoms with Crippen LogP contribution in [0.5, 0.6) is 0 Å². The largest absolute Gasteiger partial charge is 0.461 e. The van der Waals surface area contributed by atoms with Crippen molar-refractivity contribution >= 4 is 23.3 Å². The molecule has 0 aliphatic carbocycles. The number of ether oxygens (including phenoxy) is 1. The Bertz CT molecular complexity index is 1070. The molecular formula is C25H23NO5. The van der Waals surface area contributed by atoms with Gasteiger partial charge in [-0.05, 0) is 42.8 Å². The molecule has 158 valence electrons. The van der Waals surface area contributed by atoms with Crippen LogP contribution in [0.2, 0.25) is 0 Å². The molecule has 1 aliphatic heterocycles. The van der Waals surface area contributed by atoms with Crippen LogP contribution in [-0.4, -0.2) is 30.8 Å². The lowest BCUT2D eigenvalue weighted by Gasteiger charge is -2.15. The number of Topliss-reactive ketones (excluding diaryl/α,β-unsaturated/α-hetero) is 1. The molecule has 6 heteroatoms. The Balaban J connectivity index is 1.24. The molecule has 0 saturated carbocycles. The van der Waals surface area contributed by atoms with Gasteiger partial charge in [0, 0.05) is 36.2 Å². The van der Waals surface area contributed by atoms with Crippen molar-refractivity contribution < 1.29 is 23.5 Å². The van der Waals surface area contributed by atoms with Crippen LogP contribution in [0.15, 0.2) is 71.1 Å². The number of ketones is 1. The second kappa shape index (κ2) is 9.43. The van der Waals surface area contributed by atoms with E-state index in [1.54, 1.807) is 29.2 Å². The zero-order valence-electron chi connectivity index (χ0n) is 17.1. The lowest BCUT2D eigenvalue weighted by atomic mass is 10.1. The minimum absolute atomic E-state index is 0.0976. The lowest BCUT2D eigenvalue weighted by Crippen LogP contribution is -2.23. The monoisotopic (exact) mass is 417 g/mol. The number of rotatable bonds is 8. The molecule has 0 N–H and O–H groups in total. The maximum absolute atomic E-state index is 12.3. The first kappa shape index (κ1) is 20.6. The van der Waals surface area contributed by atoms with E-state index in [9.17, 15) is 14.4 Å². The first-order chi connectivity index (χ1) is 15.1. The van der Waals surface area contributed by atoms with Gasteiger partial charge in [0.15, 0.2) is 12.4 Å². The van der Waals surface area contributed by atoms with Gasteiger partial charge in [-0.25, -0.2) is 0 Å². The Morgan fingerprint density at radius 1 is 0.968 bits per heavy atom. The van der Waals surface area contributed by atoms with Crippen LogP contribution >= 0.6 is 0 Å². The number of anilines is 1. The summed E-state index contributed by atoms with van der Waals surface area (Å²) < 4.78 is 10.9. The third-order valence-electron chi connectivity index (χ3n) is 5.23. The zero-order valence-corrected chi connectivity index (χ0v) is 17.1. The SMILES string of the molecule is O=C(CCc1ccc(-c2ccccc2)o1)OCC(=O)c1ccc(N2CCCC2=O)cc1. The predicted octanol–water partition coefficient (Wildman–Crippen LogP) is 4.43. The summed E-state index contributed by atoms with van der Waals surface area (Å²) in [7, 11) is 0. The van der Waals surface area contributed by atoms with Crippen LogP contribution in [0.3, 0.4) is 0 Å². The first-order valence-corrected chi connectivity index (χ1v) is 10.3. The van der Waals surface area contributed by atoms with Crippen LogP contribution in [-0.2, 0) is 20.7 Å². The molecule has 1 fully saturated rings. The van der Waals surface area contributed by atoms with Crippen LogP contribution in [0.25, 0.3) is 11.3 Å². The van der Waals surface area contributed by atoms with Gasteiger partial charge < -0.3 is 14.1 Å². The van der Waals surface area contributed by atoms with E-state index in [2.05, 4.69) is 0 Å². The number of carbonyl (C=O) groups is 3. The summed E-state index contributed by atoms with van der Waals surface area (Å²) in [5.41, 5.74) is 2.20. The third-order valence-corrected chi connectivity index (χ3v) is 5.23. The average molecular weight is 417 g/mol. The fraction of sp³-hybridized carbons (Fsp3) is 0.240. The number of furan rings is 1. The maximum atomic E-state index is 12.3. The molecule has 4 rings (SSSR count). The van der Waals surface area contributed by atoms with Crippen molar-refractivity contribution in [2.24, 2.45) is 0 Å². The smallest absolute Gasteiger partial charge is 0.306 e. The normalized spacial score (nSPS) is 13.4. The highest BCUT2D eigenvalue weighted by Crippen LogP contribution is 2.23. The molecule has 3 aromatic rings. The zero-order chi connectivity index (χ0) is 21.6. The lowest BCUT2D eigenvalue weighted by molar-refractivity contribution is -0.142. The van der Waals surface area contributed by atoms with Crippen molar-refractivity contribution in [3.8, 4) is 11.3 Å². The molecule has 0 radical (unpaired) electrons. The number of hydrogen-bond acceptors (Lipinski definition) is 5. The van der Waals surface area contributed by atoms with Gasteiger partial charge in [0.2, 0.25) is 5.91 Å². The maximum Gasteiger partial charge on any atom is 0.306 e. The quantitative estimate of drug-likeness (QED) is 0.400. The van der Waals surface area contributed by atoms with Gasteiger partial charge in [0.1, 0.15) is 11.5 Å². The highest BCUT2D eigenvalue weighted by atomic mass is 16.5. The average Bonchev–Trinajstić information content (AvgIpc) is 3.46. The summed E-state index contributed by atoms with van der Waals surface area (Å²) in [6, 6.07) is 20.3. The Morgan fingerprint density at radius 3 is 2.45 bits per heavy atom. The van der Waals surface area contributed by atoms with Crippen molar-refractivity contribution in [2.45, 2.75) is 25.7 Å². The molecular weight excluding hydrogens is 394 g/mol. The molecule has 1 amide bonds. The molecule has 0 bridgehead atoms. The fourth-order valence-corrected chi connectivity index (χ4v) is 3.55. The number of carbonyl (C=O) groups excluding carboxylic acids is 3. The molecule has 1 saturated heterocycles. The molecule has 1 aliphatic rings. The third kappa shape index (κ3) is 5.09.